The van der Waals surface area contributed by atoms with Crippen molar-refractivity contribution in [2.45, 2.75) is 6.92 Å². The number of fused-ring (bicyclic) bond motifs is 3. The first-order valence-corrected chi connectivity index (χ1v) is 6.51. The van der Waals surface area contributed by atoms with Gasteiger partial charge in [0, 0.05) is 18.0 Å². The number of para-hydroxylation sites is 1. The normalized spacial score (nSPS) is 11.1. The van der Waals surface area contributed by atoms with Gasteiger partial charge in [-0.1, -0.05) is 18.2 Å². The minimum Gasteiger partial charge on any atom is -0.506 e. The fourth-order valence-corrected chi connectivity index (χ4v) is 2.61. The molecule has 0 amide bonds. The zero-order valence-electron chi connectivity index (χ0n) is 11.4. The van der Waals surface area contributed by atoms with E-state index in [1.165, 1.54) is 0 Å². The molecule has 1 heterocycles. The van der Waals surface area contributed by atoms with E-state index in [9.17, 15) is 9.90 Å². The summed E-state index contributed by atoms with van der Waals surface area (Å²) in [6, 6.07) is 11.2. The molecule has 3 rings (SSSR count). The highest BCUT2D eigenvalue weighted by molar-refractivity contribution is 6.14. The number of esters is 1. The molecule has 0 spiro atoms. The van der Waals surface area contributed by atoms with Gasteiger partial charge in [0.1, 0.15) is 11.3 Å². The number of phenolic OH excluding ortho intramolecular Hbond substituents is 1. The molecule has 0 saturated carbocycles. The zero-order valence-corrected chi connectivity index (χ0v) is 11.4. The van der Waals surface area contributed by atoms with Crippen LogP contribution in [0.15, 0.2) is 36.4 Å². The number of aryl methyl sites for hydroxylation is 1. The van der Waals surface area contributed by atoms with E-state index in [0.29, 0.717) is 5.39 Å². The maximum absolute atomic E-state index is 11.9. The maximum atomic E-state index is 11.9. The van der Waals surface area contributed by atoms with Gasteiger partial charge < -0.3 is 14.4 Å². The fraction of sp³-hybridized carbons (Fsp3) is 0.188. The Hall–Kier alpha value is -2.49. The van der Waals surface area contributed by atoms with Crippen LogP contribution in [0.3, 0.4) is 0 Å². The quantitative estimate of drug-likeness (QED) is 0.727. The summed E-state index contributed by atoms with van der Waals surface area (Å²) in [7, 11) is 1.94. The Morgan fingerprint density at radius 3 is 2.70 bits per heavy atom. The number of carbonyl (C=O) groups is 1. The molecule has 0 fully saturated rings. The number of carbonyl (C=O) groups excluding carboxylic acids is 1. The molecule has 102 valence electrons. The summed E-state index contributed by atoms with van der Waals surface area (Å²) < 4.78 is 6.97. The van der Waals surface area contributed by atoms with Crippen LogP contribution in [0, 0.1) is 0 Å². The summed E-state index contributed by atoms with van der Waals surface area (Å²) in [5.74, 6) is -0.516. The smallest absolute Gasteiger partial charge is 0.341 e. The van der Waals surface area contributed by atoms with Gasteiger partial charge in [-0.25, -0.2) is 4.79 Å². The Bertz CT molecular complexity index is 817. The molecule has 2 aromatic carbocycles. The highest BCUT2D eigenvalue weighted by atomic mass is 16.5. The number of hydrogen-bond acceptors (Lipinski definition) is 3. The highest BCUT2D eigenvalue weighted by Gasteiger charge is 2.19. The Labute approximate surface area is 116 Å². The summed E-state index contributed by atoms with van der Waals surface area (Å²) in [4.78, 5) is 11.9. The van der Waals surface area contributed by atoms with Crippen molar-refractivity contribution in [3.63, 3.8) is 0 Å². The van der Waals surface area contributed by atoms with Crippen molar-refractivity contribution in [1.82, 2.24) is 4.57 Å². The number of hydrogen-bond donors (Lipinski definition) is 1. The van der Waals surface area contributed by atoms with Gasteiger partial charge in [-0.05, 0) is 25.1 Å². The number of benzene rings is 2. The second kappa shape index (κ2) is 4.56. The Balaban J connectivity index is 2.37. The lowest BCUT2D eigenvalue weighted by atomic mass is 10.1. The van der Waals surface area contributed by atoms with Gasteiger partial charge in [-0.3, -0.25) is 0 Å². The third-order valence-electron chi connectivity index (χ3n) is 3.55. The van der Waals surface area contributed by atoms with Crippen molar-refractivity contribution < 1.29 is 14.6 Å². The van der Waals surface area contributed by atoms with E-state index in [-0.39, 0.29) is 17.9 Å². The molecule has 0 bridgehead atoms. The van der Waals surface area contributed by atoms with Crippen LogP contribution in [0.4, 0.5) is 0 Å². The first kappa shape index (κ1) is 12.5. The first-order chi connectivity index (χ1) is 9.65. The van der Waals surface area contributed by atoms with Crippen molar-refractivity contribution in [2.75, 3.05) is 6.61 Å². The molecular formula is C16H15NO3. The van der Waals surface area contributed by atoms with Crippen LogP contribution in [-0.4, -0.2) is 22.2 Å². The van der Waals surface area contributed by atoms with Gasteiger partial charge in [0.15, 0.2) is 0 Å². The fourth-order valence-electron chi connectivity index (χ4n) is 2.61. The van der Waals surface area contributed by atoms with Crippen molar-refractivity contribution in [1.29, 1.82) is 0 Å². The molecular weight excluding hydrogens is 254 g/mol. The molecule has 1 N–H and O–H groups in total. The number of nitrogens with zero attached hydrogens (tertiary/aromatic N) is 1. The van der Waals surface area contributed by atoms with Crippen LogP contribution in [-0.2, 0) is 11.8 Å². The third-order valence-corrected chi connectivity index (χ3v) is 3.55. The average molecular weight is 269 g/mol. The summed E-state index contributed by atoms with van der Waals surface area (Å²) >= 11 is 0. The molecule has 3 aromatic rings. The van der Waals surface area contributed by atoms with Crippen LogP contribution < -0.4 is 0 Å². The van der Waals surface area contributed by atoms with Crippen LogP contribution >= 0.6 is 0 Å². The van der Waals surface area contributed by atoms with E-state index >= 15 is 0 Å². The molecule has 4 heteroatoms. The first-order valence-electron chi connectivity index (χ1n) is 6.51. The molecule has 0 aliphatic heterocycles. The number of aromatic hydroxyl groups is 1. The third kappa shape index (κ3) is 1.65. The van der Waals surface area contributed by atoms with Gasteiger partial charge in [0.05, 0.1) is 17.5 Å². The summed E-state index contributed by atoms with van der Waals surface area (Å²) in [5.41, 5.74) is 2.10. The zero-order chi connectivity index (χ0) is 14.3. The van der Waals surface area contributed by atoms with Crippen molar-refractivity contribution in [3.8, 4) is 5.75 Å². The van der Waals surface area contributed by atoms with E-state index < -0.39 is 5.97 Å². The van der Waals surface area contributed by atoms with Crippen LogP contribution in [0.25, 0.3) is 21.8 Å². The largest absolute Gasteiger partial charge is 0.506 e. The van der Waals surface area contributed by atoms with Gasteiger partial charge in [0.2, 0.25) is 0 Å². The van der Waals surface area contributed by atoms with Crippen LogP contribution in [0.1, 0.15) is 17.3 Å². The molecule has 20 heavy (non-hydrogen) atoms. The molecule has 0 unspecified atom stereocenters. The van der Waals surface area contributed by atoms with Crippen LogP contribution in [0.2, 0.25) is 0 Å². The van der Waals surface area contributed by atoms with Crippen molar-refractivity contribution in [2.24, 2.45) is 7.05 Å². The predicted octanol–water partition coefficient (Wildman–Crippen LogP) is 3.21. The van der Waals surface area contributed by atoms with Crippen molar-refractivity contribution in [3.05, 3.63) is 42.0 Å². The second-order valence-corrected chi connectivity index (χ2v) is 4.65. The van der Waals surface area contributed by atoms with E-state index in [1.54, 1.807) is 13.0 Å². The molecule has 0 saturated heterocycles. The molecule has 4 nitrogen and oxygen atoms in total. The number of phenols is 1. The highest BCUT2D eigenvalue weighted by Crippen LogP contribution is 2.36. The standard InChI is InChI=1S/C16H15NO3/c1-3-20-16(19)11-8-9-13-14(15(11)18)10-6-4-5-7-12(10)17(13)2/h4-9,18H,3H2,1-2H3. The lowest BCUT2D eigenvalue weighted by molar-refractivity contribution is 0.0523. The Morgan fingerprint density at radius 1 is 1.20 bits per heavy atom. The topological polar surface area (TPSA) is 51.5 Å². The lowest BCUT2D eigenvalue weighted by Gasteiger charge is -2.06. The monoisotopic (exact) mass is 269 g/mol. The predicted molar refractivity (Wildman–Crippen MR) is 78.0 cm³/mol. The number of ether oxygens (including phenoxy) is 1. The van der Waals surface area contributed by atoms with Crippen molar-refractivity contribution >= 4 is 27.8 Å². The van der Waals surface area contributed by atoms with E-state index in [0.717, 1.165) is 16.4 Å². The summed E-state index contributed by atoms with van der Waals surface area (Å²) in [5, 5.41) is 12.1. The van der Waals surface area contributed by atoms with E-state index in [2.05, 4.69) is 0 Å². The minimum absolute atomic E-state index is 0.0160. The SMILES string of the molecule is CCOC(=O)c1ccc2c(c1O)c1ccccc1n2C. The summed E-state index contributed by atoms with van der Waals surface area (Å²) in [6.45, 7) is 2.03. The Morgan fingerprint density at radius 2 is 1.95 bits per heavy atom. The Kier molecular flexibility index (Phi) is 2.86. The van der Waals surface area contributed by atoms with E-state index in [1.807, 2.05) is 41.9 Å². The summed E-state index contributed by atoms with van der Waals surface area (Å²) in [6.07, 6.45) is 0. The van der Waals surface area contributed by atoms with Gasteiger partial charge in [-0.2, -0.15) is 0 Å². The molecule has 0 aliphatic rings. The molecule has 0 aliphatic carbocycles. The van der Waals surface area contributed by atoms with Gasteiger partial charge in [0.25, 0.3) is 0 Å². The second-order valence-electron chi connectivity index (χ2n) is 4.65. The molecule has 0 radical (unpaired) electrons. The maximum Gasteiger partial charge on any atom is 0.341 e. The lowest BCUT2D eigenvalue weighted by Crippen LogP contribution is -2.04. The van der Waals surface area contributed by atoms with Gasteiger partial charge >= 0.3 is 5.97 Å². The number of aromatic nitrogens is 1. The molecule has 1 aromatic heterocycles. The van der Waals surface area contributed by atoms with Crippen LogP contribution in [0.5, 0.6) is 5.75 Å². The van der Waals surface area contributed by atoms with E-state index in [4.69, 9.17) is 4.74 Å². The minimum atomic E-state index is -0.500. The number of rotatable bonds is 2. The average Bonchev–Trinajstić information content (AvgIpc) is 2.74. The molecule has 0 atom stereocenters. The van der Waals surface area contributed by atoms with Gasteiger partial charge in [-0.15, -0.1) is 0 Å².